The SMILES string of the molecule is CCNC(Cc1ncccc1C)c1cc(C)c(C)s1. The lowest BCUT2D eigenvalue weighted by Gasteiger charge is -2.17. The molecule has 19 heavy (non-hydrogen) atoms. The van der Waals surface area contributed by atoms with Crippen LogP contribution in [-0.4, -0.2) is 11.5 Å². The minimum atomic E-state index is 0.371. The van der Waals surface area contributed by atoms with Crippen LogP contribution in [0.2, 0.25) is 0 Å². The van der Waals surface area contributed by atoms with Gasteiger partial charge in [-0.1, -0.05) is 13.0 Å². The Hall–Kier alpha value is -1.19. The maximum Gasteiger partial charge on any atom is 0.0471 e. The normalized spacial score (nSPS) is 12.6. The molecule has 1 N–H and O–H groups in total. The average molecular weight is 274 g/mol. The topological polar surface area (TPSA) is 24.9 Å². The van der Waals surface area contributed by atoms with E-state index in [-0.39, 0.29) is 0 Å². The lowest BCUT2D eigenvalue weighted by molar-refractivity contribution is 0.551. The van der Waals surface area contributed by atoms with Gasteiger partial charge in [-0.25, -0.2) is 0 Å². The Labute approximate surface area is 119 Å². The minimum Gasteiger partial charge on any atom is -0.309 e. The molecule has 1 unspecified atom stereocenters. The molecule has 2 aromatic rings. The summed E-state index contributed by atoms with van der Waals surface area (Å²) >= 11 is 1.90. The van der Waals surface area contributed by atoms with Crippen molar-refractivity contribution in [1.29, 1.82) is 0 Å². The van der Waals surface area contributed by atoms with E-state index in [0.717, 1.165) is 13.0 Å². The van der Waals surface area contributed by atoms with Crippen LogP contribution in [0.4, 0.5) is 0 Å². The first-order valence-electron chi connectivity index (χ1n) is 6.82. The summed E-state index contributed by atoms with van der Waals surface area (Å²) in [5.41, 5.74) is 3.85. The first kappa shape index (κ1) is 14.2. The molecule has 3 heteroatoms. The number of aryl methyl sites for hydroxylation is 3. The van der Waals surface area contributed by atoms with E-state index >= 15 is 0 Å². The molecule has 0 saturated heterocycles. The van der Waals surface area contributed by atoms with Gasteiger partial charge in [0.2, 0.25) is 0 Å². The molecule has 1 atom stereocenters. The van der Waals surface area contributed by atoms with Crippen molar-refractivity contribution >= 4 is 11.3 Å². The van der Waals surface area contributed by atoms with E-state index in [1.807, 2.05) is 23.6 Å². The zero-order chi connectivity index (χ0) is 13.8. The van der Waals surface area contributed by atoms with Gasteiger partial charge in [-0.15, -0.1) is 11.3 Å². The highest BCUT2D eigenvalue weighted by atomic mass is 32.1. The van der Waals surface area contributed by atoms with E-state index in [1.54, 1.807) is 0 Å². The van der Waals surface area contributed by atoms with E-state index in [1.165, 1.54) is 26.6 Å². The predicted octanol–water partition coefficient (Wildman–Crippen LogP) is 3.96. The predicted molar refractivity (Wildman–Crippen MR) is 82.9 cm³/mol. The maximum absolute atomic E-state index is 4.52. The van der Waals surface area contributed by atoms with Crippen LogP contribution in [0.5, 0.6) is 0 Å². The Balaban J connectivity index is 2.23. The van der Waals surface area contributed by atoms with Crippen LogP contribution in [0.1, 0.15) is 39.5 Å². The minimum absolute atomic E-state index is 0.371. The lowest BCUT2D eigenvalue weighted by atomic mass is 10.0. The smallest absolute Gasteiger partial charge is 0.0471 e. The molecule has 0 aliphatic heterocycles. The molecule has 0 aliphatic carbocycles. The van der Waals surface area contributed by atoms with Gasteiger partial charge in [0.15, 0.2) is 0 Å². The molecule has 2 aromatic heterocycles. The molecule has 0 spiro atoms. The van der Waals surface area contributed by atoms with E-state index in [0.29, 0.717) is 6.04 Å². The largest absolute Gasteiger partial charge is 0.309 e. The quantitative estimate of drug-likeness (QED) is 0.892. The Morgan fingerprint density at radius 1 is 1.26 bits per heavy atom. The third-order valence-electron chi connectivity index (χ3n) is 3.49. The van der Waals surface area contributed by atoms with Crippen molar-refractivity contribution in [2.45, 2.75) is 40.2 Å². The summed E-state index contributed by atoms with van der Waals surface area (Å²) in [6.07, 6.45) is 2.84. The van der Waals surface area contributed by atoms with Gasteiger partial charge in [0, 0.05) is 34.1 Å². The number of nitrogens with zero attached hydrogens (tertiary/aromatic N) is 1. The van der Waals surface area contributed by atoms with Crippen molar-refractivity contribution in [2.75, 3.05) is 6.54 Å². The maximum atomic E-state index is 4.52. The van der Waals surface area contributed by atoms with Crippen LogP contribution < -0.4 is 5.32 Å². The van der Waals surface area contributed by atoms with Crippen LogP contribution in [0.25, 0.3) is 0 Å². The monoisotopic (exact) mass is 274 g/mol. The number of pyridine rings is 1. The van der Waals surface area contributed by atoms with E-state index < -0.39 is 0 Å². The molecule has 2 rings (SSSR count). The Bertz CT molecular complexity index is 526. The second kappa shape index (κ2) is 6.31. The van der Waals surface area contributed by atoms with Gasteiger partial charge in [-0.2, -0.15) is 0 Å². The van der Waals surface area contributed by atoms with Crippen LogP contribution in [0, 0.1) is 20.8 Å². The first-order chi connectivity index (χ1) is 9.11. The number of nitrogens with one attached hydrogen (secondary N) is 1. The van der Waals surface area contributed by atoms with Gasteiger partial charge in [0.1, 0.15) is 0 Å². The summed E-state index contributed by atoms with van der Waals surface area (Å²) in [4.78, 5) is 7.35. The van der Waals surface area contributed by atoms with Gasteiger partial charge in [0.05, 0.1) is 0 Å². The first-order valence-corrected chi connectivity index (χ1v) is 7.64. The molecule has 0 saturated carbocycles. The summed E-state index contributed by atoms with van der Waals surface area (Å²) in [6.45, 7) is 9.65. The number of hydrogen-bond acceptors (Lipinski definition) is 3. The molecule has 0 radical (unpaired) electrons. The fraction of sp³-hybridized carbons (Fsp3) is 0.438. The number of likely N-dealkylation sites (N-methyl/N-ethyl adjacent to an activating group) is 1. The van der Waals surface area contributed by atoms with Crippen molar-refractivity contribution in [2.24, 2.45) is 0 Å². The number of aromatic nitrogens is 1. The van der Waals surface area contributed by atoms with Gasteiger partial charge in [-0.3, -0.25) is 4.98 Å². The number of thiophene rings is 1. The fourth-order valence-corrected chi connectivity index (χ4v) is 3.34. The molecule has 2 heterocycles. The Morgan fingerprint density at radius 3 is 2.63 bits per heavy atom. The zero-order valence-electron chi connectivity index (χ0n) is 12.2. The zero-order valence-corrected chi connectivity index (χ0v) is 13.0. The Kier molecular flexibility index (Phi) is 4.72. The number of rotatable bonds is 5. The molecular weight excluding hydrogens is 252 g/mol. The summed E-state index contributed by atoms with van der Waals surface area (Å²) < 4.78 is 0. The van der Waals surface area contributed by atoms with Crippen LogP contribution >= 0.6 is 11.3 Å². The van der Waals surface area contributed by atoms with E-state index in [4.69, 9.17) is 0 Å². The van der Waals surface area contributed by atoms with Gasteiger partial charge in [0.25, 0.3) is 0 Å². The summed E-state index contributed by atoms with van der Waals surface area (Å²) in [5, 5.41) is 3.59. The van der Waals surface area contributed by atoms with Crippen molar-refractivity contribution in [3.8, 4) is 0 Å². The fourth-order valence-electron chi connectivity index (χ4n) is 2.22. The molecule has 0 bridgehead atoms. The Morgan fingerprint density at radius 2 is 2.05 bits per heavy atom. The third-order valence-corrected chi connectivity index (χ3v) is 4.76. The van der Waals surface area contributed by atoms with Crippen LogP contribution in [-0.2, 0) is 6.42 Å². The second-order valence-corrected chi connectivity index (χ2v) is 6.26. The van der Waals surface area contributed by atoms with Crippen molar-refractivity contribution in [1.82, 2.24) is 10.3 Å². The summed E-state index contributed by atoms with van der Waals surface area (Å²) in [7, 11) is 0. The van der Waals surface area contributed by atoms with Crippen molar-refractivity contribution in [3.63, 3.8) is 0 Å². The van der Waals surface area contributed by atoms with Gasteiger partial charge >= 0.3 is 0 Å². The highest BCUT2D eigenvalue weighted by molar-refractivity contribution is 7.12. The van der Waals surface area contributed by atoms with Crippen molar-refractivity contribution < 1.29 is 0 Å². The summed E-state index contributed by atoms with van der Waals surface area (Å²) in [6, 6.07) is 6.82. The highest BCUT2D eigenvalue weighted by Crippen LogP contribution is 2.28. The molecule has 0 aliphatic rings. The molecule has 0 fully saturated rings. The third kappa shape index (κ3) is 3.43. The van der Waals surface area contributed by atoms with Gasteiger partial charge < -0.3 is 5.32 Å². The molecule has 0 aromatic carbocycles. The molecular formula is C16H22N2S. The number of hydrogen-bond donors (Lipinski definition) is 1. The average Bonchev–Trinajstić information content (AvgIpc) is 2.72. The molecule has 102 valence electrons. The van der Waals surface area contributed by atoms with Crippen LogP contribution in [0.3, 0.4) is 0 Å². The second-order valence-electron chi connectivity index (χ2n) is 4.97. The van der Waals surface area contributed by atoms with Gasteiger partial charge in [-0.05, 0) is 50.6 Å². The highest BCUT2D eigenvalue weighted by Gasteiger charge is 2.16. The molecule has 2 nitrogen and oxygen atoms in total. The molecule has 0 amide bonds. The summed E-state index contributed by atoms with van der Waals surface area (Å²) in [5.74, 6) is 0. The lowest BCUT2D eigenvalue weighted by Crippen LogP contribution is -2.22. The van der Waals surface area contributed by atoms with E-state index in [9.17, 15) is 0 Å². The van der Waals surface area contributed by atoms with Crippen LogP contribution in [0.15, 0.2) is 24.4 Å². The van der Waals surface area contributed by atoms with E-state index in [2.05, 4.69) is 50.1 Å². The van der Waals surface area contributed by atoms with Crippen molar-refractivity contribution in [3.05, 3.63) is 51.0 Å². The standard InChI is InChI=1S/C16H22N2S/c1-5-17-15(16-9-12(3)13(4)19-16)10-14-11(2)7-6-8-18-14/h6-9,15,17H,5,10H2,1-4H3.